The number of hydrogen-bond donors (Lipinski definition) is 1. The molecular weight excluding hydrogens is 419 g/mol. The van der Waals surface area contributed by atoms with Gasteiger partial charge in [-0.1, -0.05) is 19.1 Å². The topological polar surface area (TPSA) is 67.4 Å². The summed E-state index contributed by atoms with van der Waals surface area (Å²) < 4.78 is 18.1. The van der Waals surface area contributed by atoms with Gasteiger partial charge in [0.1, 0.15) is 17.5 Å². The number of nitrogens with one attached hydrogen (secondary N) is 1. The molecule has 6 nitrogen and oxygen atoms in total. The molecule has 0 bridgehead atoms. The van der Waals surface area contributed by atoms with Crippen LogP contribution in [0, 0.1) is 5.82 Å². The third-order valence-electron chi connectivity index (χ3n) is 5.60. The first-order chi connectivity index (χ1) is 15.8. The zero-order valence-electron chi connectivity index (χ0n) is 20.8. The van der Waals surface area contributed by atoms with E-state index in [1.807, 2.05) is 20.8 Å². The van der Waals surface area contributed by atoms with Crippen molar-refractivity contribution in [3.63, 3.8) is 0 Å². The fourth-order valence-corrected chi connectivity index (χ4v) is 3.60. The predicted octanol–water partition coefficient (Wildman–Crippen LogP) is 4.48. The second-order valence-electron chi connectivity index (χ2n) is 9.23. The van der Waals surface area contributed by atoms with E-state index in [2.05, 4.69) is 17.1 Å². The van der Waals surface area contributed by atoms with Crippen LogP contribution in [0.25, 0.3) is 0 Å². The Hall–Kier alpha value is -2.54. The lowest BCUT2D eigenvalue weighted by atomic mass is 10.0. The van der Waals surface area contributed by atoms with Crippen LogP contribution >= 0.6 is 0 Å². The van der Waals surface area contributed by atoms with Gasteiger partial charge in [0, 0.05) is 44.4 Å². The van der Waals surface area contributed by atoms with Crippen molar-refractivity contribution in [2.75, 3.05) is 31.6 Å². The SMILES string of the molecule is CCc1nc(Cc2ccc(F)cc2)nc(N2CCCCC2)c1CCNC=O.COC(C)(C)C. The largest absolute Gasteiger partial charge is 0.379 e. The lowest BCUT2D eigenvalue weighted by molar-refractivity contribution is -0.109. The Morgan fingerprint density at radius 2 is 1.76 bits per heavy atom. The van der Waals surface area contributed by atoms with Crippen molar-refractivity contribution in [2.24, 2.45) is 0 Å². The van der Waals surface area contributed by atoms with Gasteiger partial charge in [0.15, 0.2) is 0 Å². The number of benzene rings is 1. The summed E-state index contributed by atoms with van der Waals surface area (Å²) in [6, 6.07) is 6.52. The van der Waals surface area contributed by atoms with E-state index in [4.69, 9.17) is 14.7 Å². The van der Waals surface area contributed by atoms with Crippen molar-refractivity contribution in [3.05, 3.63) is 52.7 Å². The van der Waals surface area contributed by atoms with E-state index >= 15 is 0 Å². The van der Waals surface area contributed by atoms with Crippen molar-refractivity contribution < 1.29 is 13.9 Å². The molecule has 7 heteroatoms. The number of ether oxygens (including phenoxy) is 1. The van der Waals surface area contributed by atoms with Crippen molar-refractivity contribution in [1.82, 2.24) is 15.3 Å². The first kappa shape index (κ1) is 26.7. The molecule has 1 aliphatic rings. The second-order valence-corrected chi connectivity index (χ2v) is 9.23. The van der Waals surface area contributed by atoms with E-state index in [1.165, 1.54) is 31.4 Å². The van der Waals surface area contributed by atoms with E-state index in [-0.39, 0.29) is 11.4 Å². The fourth-order valence-electron chi connectivity index (χ4n) is 3.60. The van der Waals surface area contributed by atoms with E-state index in [0.29, 0.717) is 13.0 Å². The number of piperidine rings is 1. The van der Waals surface area contributed by atoms with Crippen LogP contribution in [0.1, 0.15) is 69.6 Å². The second kappa shape index (κ2) is 13.2. The Labute approximate surface area is 198 Å². The highest BCUT2D eigenvalue weighted by Crippen LogP contribution is 2.26. The lowest BCUT2D eigenvalue weighted by Crippen LogP contribution is -2.32. The van der Waals surface area contributed by atoms with Gasteiger partial charge in [0.05, 0.1) is 5.60 Å². The molecule has 0 aliphatic carbocycles. The normalized spacial score (nSPS) is 13.8. The average Bonchev–Trinajstić information content (AvgIpc) is 2.81. The molecule has 2 heterocycles. The molecule has 1 amide bonds. The highest BCUT2D eigenvalue weighted by atomic mass is 19.1. The molecule has 0 unspecified atom stereocenters. The number of carbonyl (C=O) groups excluding carboxylic acids is 1. The van der Waals surface area contributed by atoms with Crippen LogP contribution in [0.3, 0.4) is 0 Å². The molecule has 0 atom stereocenters. The van der Waals surface area contributed by atoms with Gasteiger partial charge in [-0.25, -0.2) is 14.4 Å². The standard InChI is InChI=1S/C21H27FN4O.C5H12O/c1-2-19-18(10-11-23-15-27)21(26-12-4-3-5-13-26)25-20(24-19)14-16-6-8-17(22)9-7-16;1-5(2,3)6-4/h6-9,15H,2-5,10-14H2,1H3,(H,23,27);1-4H3. The van der Waals surface area contributed by atoms with Gasteiger partial charge in [-0.05, 0) is 70.6 Å². The number of aromatic nitrogens is 2. The number of anilines is 1. The Morgan fingerprint density at radius 3 is 2.30 bits per heavy atom. The number of hydrogen-bond acceptors (Lipinski definition) is 5. The van der Waals surface area contributed by atoms with Gasteiger partial charge >= 0.3 is 0 Å². The molecule has 1 N–H and O–H groups in total. The van der Waals surface area contributed by atoms with Gasteiger partial charge in [0.2, 0.25) is 6.41 Å². The minimum Gasteiger partial charge on any atom is -0.379 e. The van der Waals surface area contributed by atoms with E-state index in [0.717, 1.165) is 60.8 Å². The Kier molecular flexibility index (Phi) is 10.7. The smallest absolute Gasteiger partial charge is 0.207 e. The molecule has 1 aromatic carbocycles. The summed E-state index contributed by atoms with van der Waals surface area (Å²) in [5.74, 6) is 1.54. The van der Waals surface area contributed by atoms with Crippen LogP contribution in [0.4, 0.5) is 10.2 Å². The molecule has 0 spiro atoms. The number of amides is 1. The molecular formula is C26H39FN4O2. The van der Waals surface area contributed by atoms with Gasteiger partial charge in [0.25, 0.3) is 0 Å². The first-order valence-electron chi connectivity index (χ1n) is 11.9. The molecule has 2 aromatic rings. The summed E-state index contributed by atoms with van der Waals surface area (Å²) in [7, 11) is 1.71. The lowest BCUT2D eigenvalue weighted by Gasteiger charge is -2.30. The Bertz CT molecular complexity index is 860. The van der Waals surface area contributed by atoms with Crippen molar-refractivity contribution in [3.8, 4) is 0 Å². The number of carbonyl (C=O) groups is 1. The Balaban J connectivity index is 0.000000569. The summed E-state index contributed by atoms with van der Waals surface area (Å²) >= 11 is 0. The van der Waals surface area contributed by atoms with Crippen molar-refractivity contribution in [1.29, 1.82) is 0 Å². The molecule has 1 saturated heterocycles. The van der Waals surface area contributed by atoms with Crippen LogP contribution in [0.2, 0.25) is 0 Å². The maximum Gasteiger partial charge on any atom is 0.207 e. The van der Waals surface area contributed by atoms with Gasteiger partial charge in [-0.15, -0.1) is 0 Å². The van der Waals surface area contributed by atoms with E-state index < -0.39 is 0 Å². The monoisotopic (exact) mass is 458 g/mol. The van der Waals surface area contributed by atoms with E-state index in [1.54, 1.807) is 19.2 Å². The Morgan fingerprint density at radius 1 is 1.12 bits per heavy atom. The molecule has 0 saturated carbocycles. The quantitative estimate of drug-likeness (QED) is 0.467. The van der Waals surface area contributed by atoms with Crippen LogP contribution in [0.5, 0.6) is 0 Å². The van der Waals surface area contributed by atoms with E-state index in [9.17, 15) is 9.18 Å². The average molecular weight is 459 g/mol. The van der Waals surface area contributed by atoms with Gasteiger partial charge in [-0.3, -0.25) is 4.79 Å². The number of halogens is 1. The number of aryl methyl sites for hydroxylation is 1. The van der Waals surface area contributed by atoms with Crippen LogP contribution in [-0.2, 0) is 28.8 Å². The summed E-state index contributed by atoms with van der Waals surface area (Å²) in [4.78, 5) is 22.7. The third kappa shape index (κ3) is 9.08. The van der Waals surface area contributed by atoms with Crippen LogP contribution in [0.15, 0.2) is 24.3 Å². The van der Waals surface area contributed by atoms with Crippen LogP contribution < -0.4 is 10.2 Å². The number of rotatable bonds is 8. The fraction of sp³-hybridized carbons (Fsp3) is 0.577. The highest BCUT2D eigenvalue weighted by Gasteiger charge is 2.20. The maximum atomic E-state index is 13.2. The number of nitrogens with zero attached hydrogens (tertiary/aromatic N) is 3. The van der Waals surface area contributed by atoms with Crippen molar-refractivity contribution >= 4 is 12.2 Å². The zero-order chi connectivity index (χ0) is 24.3. The summed E-state index contributed by atoms with van der Waals surface area (Å²) in [6.07, 6.45) is 6.46. The zero-order valence-corrected chi connectivity index (χ0v) is 20.8. The highest BCUT2D eigenvalue weighted by molar-refractivity contribution is 5.51. The van der Waals surface area contributed by atoms with Crippen LogP contribution in [-0.4, -0.2) is 48.7 Å². The molecule has 0 radical (unpaired) electrons. The van der Waals surface area contributed by atoms with Crippen molar-refractivity contribution in [2.45, 2.75) is 71.8 Å². The first-order valence-corrected chi connectivity index (χ1v) is 11.9. The maximum absolute atomic E-state index is 13.2. The minimum absolute atomic E-state index is 0.0417. The molecule has 1 aliphatic heterocycles. The number of methoxy groups -OCH3 is 1. The molecule has 1 fully saturated rings. The predicted molar refractivity (Wildman–Crippen MR) is 131 cm³/mol. The minimum atomic E-state index is -0.235. The molecule has 33 heavy (non-hydrogen) atoms. The van der Waals surface area contributed by atoms with Gasteiger partial charge in [-0.2, -0.15) is 0 Å². The summed E-state index contributed by atoms with van der Waals surface area (Å²) in [6.45, 7) is 10.8. The molecule has 3 rings (SSSR count). The molecule has 1 aromatic heterocycles. The van der Waals surface area contributed by atoms with Gasteiger partial charge < -0.3 is 15.0 Å². The molecule has 182 valence electrons. The third-order valence-corrected chi connectivity index (χ3v) is 5.60. The summed E-state index contributed by atoms with van der Waals surface area (Å²) in [5, 5.41) is 2.75. The summed E-state index contributed by atoms with van der Waals surface area (Å²) in [5.41, 5.74) is 3.21.